The molecule has 5 heteroatoms. The van der Waals surface area contributed by atoms with E-state index >= 15 is 0 Å². The molecule has 0 amide bonds. The Morgan fingerprint density at radius 1 is 0.844 bits per heavy atom. The van der Waals surface area contributed by atoms with Crippen LogP contribution in [0.4, 0.5) is 0 Å². The van der Waals surface area contributed by atoms with Crippen molar-refractivity contribution in [2.75, 3.05) is 0 Å². The maximum absolute atomic E-state index is 13.3. The Bertz CT molecular complexity index is 1470. The highest BCUT2D eigenvalue weighted by Crippen LogP contribution is 2.35. The average molecular weight is 437 g/mol. The predicted octanol–water partition coefficient (Wildman–Crippen LogP) is 5.98. The Hall–Kier alpha value is -3.83. The molecule has 156 valence electrons. The molecule has 0 radical (unpaired) electrons. The van der Waals surface area contributed by atoms with Crippen LogP contribution in [0.1, 0.15) is 15.2 Å². The van der Waals surface area contributed by atoms with Crippen LogP contribution < -0.4 is 5.56 Å². The van der Waals surface area contributed by atoms with Crippen LogP contribution in [0.15, 0.2) is 96.1 Å². The van der Waals surface area contributed by atoms with Crippen LogP contribution in [-0.2, 0) is 6.54 Å². The molecule has 0 atom stereocenters. The zero-order valence-electron chi connectivity index (χ0n) is 17.5. The first-order valence-corrected chi connectivity index (χ1v) is 11.2. The summed E-state index contributed by atoms with van der Waals surface area (Å²) >= 11 is 1.50. The van der Waals surface area contributed by atoms with Crippen LogP contribution >= 0.6 is 11.3 Å². The van der Waals surface area contributed by atoms with Crippen molar-refractivity contribution in [1.82, 2.24) is 9.55 Å². The van der Waals surface area contributed by atoms with Crippen molar-refractivity contribution in [2.45, 2.75) is 13.5 Å². The maximum Gasteiger partial charge on any atom is 0.263 e. The van der Waals surface area contributed by atoms with Gasteiger partial charge in [-0.3, -0.25) is 14.2 Å². The minimum Gasteiger partial charge on any atom is -0.292 e. The number of hydrogen-bond donors (Lipinski definition) is 0. The van der Waals surface area contributed by atoms with Gasteiger partial charge in [0.1, 0.15) is 4.83 Å². The highest BCUT2D eigenvalue weighted by molar-refractivity contribution is 7.19. The number of benzene rings is 3. The number of aryl methyl sites for hydroxylation is 1. The zero-order valence-corrected chi connectivity index (χ0v) is 18.3. The zero-order chi connectivity index (χ0) is 22.1. The van der Waals surface area contributed by atoms with Gasteiger partial charge in [-0.1, -0.05) is 84.9 Å². The second kappa shape index (κ2) is 8.36. The average Bonchev–Trinajstić information content (AvgIpc) is 3.18. The molecular formula is C27H20N2O2S. The molecule has 0 fully saturated rings. The van der Waals surface area contributed by atoms with E-state index in [0.717, 1.165) is 27.1 Å². The molecule has 0 spiro atoms. The fraction of sp³-hybridized carbons (Fsp3) is 0.0741. The first-order valence-electron chi connectivity index (χ1n) is 10.3. The fourth-order valence-electron chi connectivity index (χ4n) is 3.93. The number of thiophene rings is 1. The van der Waals surface area contributed by atoms with Gasteiger partial charge in [-0.15, -0.1) is 11.3 Å². The summed E-state index contributed by atoms with van der Waals surface area (Å²) in [5.74, 6) is -0.124. The number of aromatic nitrogens is 2. The molecule has 0 aliphatic carbocycles. The fourth-order valence-corrected chi connectivity index (χ4v) is 4.93. The van der Waals surface area contributed by atoms with Crippen LogP contribution in [0.25, 0.3) is 32.5 Å². The number of ketones is 1. The van der Waals surface area contributed by atoms with Gasteiger partial charge in [0.05, 0.1) is 18.3 Å². The minimum absolute atomic E-state index is 0.0461. The Balaban J connectivity index is 1.47. The highest BCUT2D eigenvalue weighted by atomic mass is 32.1. The molecule has 2 heterocycles. The SMILES string of the molecule is Cc1sc2ncn(CC(=O)c3ccc(-c4ccccc4)cc3)c(=O)c2c1-c1ccccc1. The number of fused-ring (bicyclic) bond motifs is 1. The van der Waals surface area contributed by atoms with E-state index in [1.807, 2.05) is 91.9 Å². The lowest BCUT2D eigenvalue weighted by Crippen LogP contribution is -2.24. The van der Waals surface area contributed by atoms with E-state index in [2.05, 4.69) is 4.98 Å². The van der Waals surface area contributed by atoms with Gasteiger partial charge >= 0.3 is 0 Å². The first kappa shape index (κ1) is 20.1. The van der Waals surface area contributed by atoms with E-state index in [0.29, 0.717) is 15.8 Å². The molecule has 0 bridgehead atoms. The third-order valence-corrected chi connectivity index (χ3v) is 6.56. The summed E-state index contributed by atoms with van der Waals surface area (Å²) in [5.41, 5.74) is 4.41. The van der Waals surface area contributed by atoms with E-state index in [1.165, 1.54) is 22.2 Å². The number of carbonyl (C=O) groups is 1. The topological polar surface area (TPSA) is 52.0 Å². The van der Waals surface area contributed by atoms with Crippen molar-refractivity contribution in [2.24, 2.45) is 0 Å². The predicted molar refractivity (Wildman–Crippen MR) is 130 cm³/mol. The van der Waals surface area contributed by atoms with Gasteiger partial charge in [-0.05, 0) is 23.6 Å². The molecule has 0 N–H and O–H groups in total. The second-order valence-electron chi connectivity index (χ2n) is 7.62. The summed E-state index contributed by atoms with van der Waals surface area (Å²) in [6.45, 7) is 1.95. The van der Waals surface area contributed by atoms with Gasteiger partial charge in [-0.25, -0.2) is 4.98 Å². The van der Waals surface area contributed by atoms with E-state index in [-0.39, 0.29) is 17.9 Å². The molecule has 0 aliphatic rings. The Kier molecular flexibility index (Phi) is 5.25. The van der Waals surface area contributed by atoms with Crippen molar-refractivity contribution in [3.05, 3.63) is 112 Å². The second-order valence-corrected chi connectivity index (χ2v) is 8.83. The van der Waals surface area contributed by atoms with Crippen molar-refractivity contribution >= 4 is 27.3 Å². The monoisotopic (exact) mass is 436 g/mol. The van der Waals surface area contributed by atoms with E-state index in [4.69, 9.17) is 0 Å². The number of rotatable bonds is 5. The molecule has 5 rings (SSSR count). The Labute approximate surface area is 189 Å². The summed E-state index contributed by atoms with van der Waals surface area (Å²) in [7, 11) is 0. The molecule has 3 aromatic carbocycles. The van der Waals surface area contributed by atoms with Crippen LogP contribution in [0.3, 0.4) is 0 Å². The van der Waals surface area contributed by atoms with Crippen LogP contribution in [0.2, 0.25) is 0 Å². The summed E-state index contributed by atoms with van der Waals surface area (Å²) in [5, 5.41) is 0.577. The lowest BCUT2D eigenvalue weighted by molar-refractivity contribution is 0.0970. The standard InChI is InChI=1S/C27H20N2O2S/c1-18-24(22-10-6-3-7-11-22)25-26(32-18)28-17-29(27(25)31)16-23(30)21-14-12-20(13-15-21)19-8-4-2-5-9-19/h2-15,17H,16H2,1H3. The van der Waals surface area contributed by atoms with Gasteiger partial charge in [0, 0.05) is 16.0 Å². The normalized spacial score (nSPS) is 11.0. The van der Waals surface area contributed by atoms with Crippen molar-refractivity contribution in [3.63, 3.8) is 0 Å². The number of nitrogens with zero attached hydrogens (tertiary/aromatic N) is 2. The molecule has 0 saturated heterocycles. The van der Waals surface area contributed by atoms with Gasteiger partial charge in [-0.2, -0.15) is 0 Å². The number of carbonyl (C=O) groups excluding carboxylic acids is 1. The quantitative estimate of drug-likeness (QED) is 0.318. The summed E-state index contributed by atoms with van der Waals surface area (Å²) < 4.78 is 1.41. The van der Waals surface area contributed by atoms with Crippen LogP contribution in [0.5, 0.6) is 0 Å². The summed E-state index contributed by atoms with van der Waals surface area (Å²) in [6.07, 6.45) is 1.48. The van der Waals surface area contributed by atoms with Gasteiger partial charge < -0.3 is 0 Å². The molecule has 0 unspecified atom stereocenters. The van der Waals surface area contributed by atoms with Gasteiger partial charge in [0.2, 0.25) is 0 Å². The third-order valence-electron chi connectivity index (χ3n) is 5.55. The molecular weight excluding hydrogens is 416 g/mol. The molecule has 5 aromatic rings. The minimum atomic E-state index is -0.188. The van der Waals surface area contributed by atoms with Crippen LogP contribution in [-0.4, -0.2) is 15.3 Å². The maximum atomic E-state index is 13.3. The lowest BCUT2D eigenvalue weighted by Gasteiger charge is -2.07. The Morgan fingerprint density at radius 2 is 1.44 bits per heavy atom. The van der Waals surface area contributed by atoms with E-state index in [1.54, 1.807) is 0 Å². The first-order chi connectivity index (χ1) is 15.6. The molecule has 4 nitrogen and oxygen atoms in total. The van der Waals surface area contributed by atoms with Crippen molar-refractivity contribution < 1.29 is 4.79 Å². The molecule has 0 saturated carbocycles. The number of hydrogen-bond acceptors (Lipinski definition) is 4. The smallest absolute Gasteiger partial charge is 0.263 e. The molecule has 0 aliphatic heterocycles. The molecule has 2 aromatic heterocycles. The third kappa shape index (κ3) is 3.67. The largest absolute Gasteiger partial charge is 0.292 e. The lowest BCUT2D eigenvalue weighted by atomic mass is 10.0. The van der Waals surface area contributed by atoms with Gasteiger partial charge in [0.25, 0.3) is 5.56 Å². The Morgan fingerprint density at radius 3 is 2.09 bits per heavy atom. The summed E-state index contributed by atoms with van der Waals surface area (Å²) in [4.78, 5) is 32.5. The number of Topliss-reactive ketones (excluding diaryl/α,β-unsaturated/α-hetero) is 1. The summed E-state index contributed by atoms with van der Waals surface area (Å²) in [6, 6.07) is 27.3. The van der Waals surface area contributed by atoms with E-state index < -0.39 is 0 Å². The van der Waals surface area contributed by atoms with Gasteiger partial charge in [0.15, 0.2) is 5.78 Å². The molecule has 32 heavy (non-hydrogen) atoms. The van der Waals surface area contributed by atoms with Crippen LogP contribution in [0, 0.1) is 6.92 Å². The van der Waals surface area contributed by atoms with Crippen molar-refractivity contribution in [1.29, 1.82) is 0 Å². The van der Waals surface area contributed by atoms with Crippen molar-refractivity contribution in [3.8, 4) is 22.3 Å². The highest BCUT2D eigenvalue weighted by Gasteiger charge is 2.18. The van der Waals surface area contributed by atoms with E-state index in [9.17, 15) is 9.59 Å².